The van der Waals surface area contributed by atoms with E-state index < -0.39 is 0 Å². The molecule has 4 unspecified atom stereocenters. The molecule has 0 bridgehead atoms. The van der Waals surface area contributed by atoms with E-state index in [9.17, 15) is 0 Å². The first-order valence-corrected chi connectivity index (χ1v) is 9.18. The van der Waals surface area contributed by atoms with E-state index >= 15 is 0 Å². The highest BCUT2D eigenvalue weighted by Crippen LogP contribution is 2.21. The van der Waals surface area contributed by atoms with E-state index in [0.717, 1.165) is 25.3 Å². The van der Waals surface area contributed by atoms with Gasteiger partial charge in [0.25, 0.3) is 0 Å². The number of piperidine rings is 2. The van der Waals surface area contributed by atoms with Crippen LogP contribution < -0.4 is 0 Å². The van der Waals surface area contributed by atoms with Gasteiger partial charge >= 0.3 is 0 Å². The normalized spacial score (nSPS) is 32.0. The molecule has 0 aliphatic carbocycles. The molecule has 3 nitrogen and oxygen atoms in total. The van der Waals surface area contributed by atoms with Crippen LogP contribution in [0.15, 0.2) is 0 Å². The molecule has 2 aliphatic heterocycles. The fraction of sp³-hybridized carbons (Fsp3) is 1.00. The average Bonchev–Trinajstić information content (AvgIpc) is 2.48. The summed E-state index contributed by atoms with van der Waals surface area (Å²) in [6, 6.07) is 2.59. The molecule has 2 fully saturated rings. The summed E-state index contributed by atoms with van der Waals surface area (Å²) < 4.78 is 6.08. The molecule has 0 amide bonds. The van der Waals surface area contributed by atoms with E-state index in [2.05, 4.69) is 37.5 Å². The number of hydrogen-bond acceptors (Lipinski definition) is 3. The first-order valence-electron chi connectivity index (χ1n) is 9.18. The maximum absolute atomic E-state index is 6.08. The first-order chi connectivity index (χ1) is 10.1. The largest absolute Gasteiger partial charge is 0.378 e. The molecule has 0 aromatic rings. The Kier molecular flexibility index (Phi) is 6.97. The average molecular weight is 296 g/mol. The summed E-state index contributed by atoms with van der Waals surface area (Å²) in [6.07, 6.45) is 8.22. The Morgan fingerprint density at radius 1 is 0.810 bits per heavy atom. The van der Waals surface area contributed by atoms with E-state index in [4.69, 9.17) is 4.74 Å². The lowest BCUT2D eigenvalue weighted by atomic mass is 10.0. The van der Waals surface area contributed by atoms with Crippen molar-refractivity contribution in [2.75, 3.05) is 26.3 Å². The molecule has 0 aromatic carbocycles. The van der Waals surface area contributed by atoms with Crippen molar-refractivity contribution in [1.82, 2.24) is 9.80 Å². The maximum Gasteiger partial charge on any atom is 0.0620 e. The summed E-state index contributed by atoms with van der Waals surface area (Å²) in [7, 11) is 0. The van der Waals surface area contributed by atoms with E-state index in [-0.39, 0.29) is 0 Å². The zero-order chi connectivity index (χ0) is 15.2. The number of ether oxygens (including phenoxy) is 1. The van der Waals surface area contributed by atoms with Crippen molar-refractivity contribution in [2.24, 2.45) is 0 Å². The molecule has 0 saturated carbocycles. The van der Waals surface area contributed by atoms with Crippen molar-refractivity contribution in [1.29, 1.82) is 0 Å². The first kappa shape index (κ1) is 17.2. The molecule has 2 aliphatic rings. The zero-order valence-electron chi connectivity index (χ0n) is 14.7. The third-order valence-electron chi connectivity index (χ3n) is 5.56. The van der Waals surface area contributed by atoms with Gasteiger partial charge < -0.3 is 4.74 Å². The second kappa shape index (κ2) is 8.50. The van der Waals surface area contributed by atoms with Crippen LogP contribution in [0.1, 0.15) is 66.2 Å². The summed E-state index contributed by atoms with van der Waals surface area (Å²) in [5, 5.41) is 0. The topological polar surface area (TPSA) is 15.7 Å². The molecule has 4 atom stereocenters. The van der Waals surface area contributed by atoms with E-state index in [1.807, 2.05) is 0 Å². The molecule has 124 valence electrons. The molecule has 3 heteroatoms. The summed E-state index contributed by atoms with van der Waals surface area (Å²) in [5.41, 5.74) is 0. The molecule has 2 heterocycles. The third kappa shape index (κ3) is 4.94. The van der Waals surface area contributed by atoms with Gasteiger partial charge in [0, 0.05) is 24.2 Å². The van der Waals surface area contributed by atoms with Crippen molar-refractivity contribution >= 4 is 0 Å². The van der Waals surface area contributed by atoms with E-state index in [1.165, 1.54) is 51.6 Å². The van der Waals surface area contributed by atoms with Gasteiger partial charge in [0.1, 0.15) is 0 Å². The predicted octanol–water partition coefficient (Wildman–Crippen LogP) is 3.53. The van der Waals surface area contributed by atoms with Crippen LogP contribution in [0.2, 0.25) is 0 Å². The second-order valence-electron chi connectivity index (χ2n) is 7.40. The lowest BCUT2D eigenvalue weighted by Crippen LogP contribution is -2.47. The highest BCUT2D eigenvalue weighted by atomic mass is 16.5. The van der Waals surface area contributed by atoms with E-state index in [1.54, 1.807) is 0 Å². The van der Waals surface area contributed by atoms with Gasteiger partial charge in [-0.15, -0.1) is 0 Å². The van der Waals surface area contributed by atoms with Crippen LogP contribution in [0.25, 0.3) is 0 Å². The Hall–Kier alpha value is -0.120. The number of rotatable bonds is 6. The van der Waals surface area contributed by atoms with Gasteiger partial charge in [-0.25, -0.2) is 0 Å². The molecular weight excluding hydrogens is 260 g/mol. The SMILES string of the molecule is CC1CCCCN1C(C)COCC(C)N1CCCCC1C. The third-order valence-corrected chi connectivity index (χ3v) is 5.56. The zero-order valence-corrected chi connectivity index (χ0v) is 14.7. The molecule has 0 N–H and O–H groups in total. The van der Waals surface area contributed by atoms with Gasteiger partial charge in [0.15, 0.2) is 0 Å². The van der Waals surface area contributed by atoms with Crippen LogP contribution in [-0.4, -0.2) is 60.3 Å². The second-order valence-corrected chi connectivity index (χ2v) is 7.40. The van der Waals surface area contributed by atoms with Crippen LogP contribution in [0, 0.1) is 0 Å². The van der Waals surface area contributed by atoms with Gasteiger partial charge in [0.05, 0.1) is 13.2 Å². The molecule has 0 radical (unpaired) electrons. The molecule has 0 aromatic heterocycles. The highest BCUT2D eigenvalue weighted by molar-refractivity contribution is 4.79. The van der Waals surface area contributed by atoms with Gasteiger partial charge in [0.2, 0.25) is 0 Å². The minimum atomic E-state index is 0.561. The van der Waals surface area contributed by atoms with Crippen LogP contribution in [-0.2, 0) is 4.74 Å². The summed E-state index contributed by atoms with van der Waals surface area (Å²) in [6.45, 7) is 13.7. The summed E-state index contributed by atoms with van der Waals surface area (Å²) >= 11 is 0. The molecule has 2 rings (SSSR count). The van der Waals surface area contributed by atoms with Gasteiger partial charge in [-0.2, -0.15) is 0 Å². The van der Waals surface area contributed by atoms with Crippen LogP contribution in [0.4, 0.5) is 0 Å². The van der Waals surface area contributed by atoms with Crippen molar-refractivity contribution in [3.05, 3.63) is 0 Å². The monoisotopic (exact) mass is 296 g/mol. The lowest BCUT2D eigenvalue weighted by molar-refractivity contribution is -0.000273. The fourth-order valence-corrected chi connectivity index (χ4v) is 4.15. The molecular formula is C18H36N2O. The summed E-state index contributed by atoms with van der Waals surface area (Å²) in [5.74, 6) is 0. The minimum absolute atomic E-state index is 0.561. The Morgan fingerprint density at radius 2 is 1.24 bits per heavy atom. The van der Waals surface area contributed by atoms with Crippen molar-refractivity contribution in [3.63, 3.8) is 0 Å². The quantitative estimate of drug-likeness (QED) is 0.746. The molecule has 2 saturated heterocycles. The Bertz CT molecular complexity index is 269. The summed E-state index contributed by atoms with van der Waals surface area (Å²) in [4.78, 5) is 5.27. The van der Waals surface area contributed by atoms with Gasteiger partial charge in [-0.3, -0.25) is 9.80 Å². The minimum Gasteiger partial charge on any atom is -0.378 e. The maximum atomic E-state index is 6.08. The van der Waals surface area contributed by atoms with Crippen LogP contribution in [0.5, 0.6) is 0 Å². The number of nitrogens with zero attached hydrogens (tertiary/aromatic N) is 2. The number of hydrogen-bond donors (Lipinski definition) is 0. The van der Waals surface area contributed by atoms with Crippen molar-refractivity contribution in [3.8, 4) is 0 Å². The standard InChI is InChI=1S/C18H36N2O/c1-15-9-5-7-11-19(15)17(3)13-21-14-18(4)20-12-8-6-10-16(20)2/h15-18H,5-14H2,1-4H3. The number of likely N-dealkylation sites (tertiary alicyclic amines) is 2. The fourth-order valence-electron chi connectivity index (χ4n) is 4.15. The van der Waals surface area contributed by atoms with E-state index in [0.29, 0.717) is 12.1 Å². The highest BCUT2D eigenvalue weighted by Gasteiger charge is 2.25. The van der Waals surface area contributed by atoms with Crippen LogP contribution >= 0.6 is 0 Å². The predicted molar refractivity (Wildman–Crippen MR) is 89.8 cm³/mol. The van der Waals surface area contributed by atoms with Gasteiger partial charge in [-0.05, 0) is 66.5 Å². The van der Waals surface area contributed by atoms with Crippen molar-refractivity contribution in [2.45, 2.75) is 90.4 Å². The lowest BCUT2D eigenvalue weighted by Gasteiger charge is -2.39. The van der Waals surface area contributed by atoms with Gasteiger partial charge in [-0.1, -0.05) is 12.8 Å². The molecule has 21 heavy (non-hydrogen) atoms. The van der Waals surface area contributed by atoms with Crippen LogP contribution in [0.3, 0.4) is 0 Å². The Morgan fingerprint density at radius 3 is 1.62 bits per heavy atom. The smallest absolute Gasteiger partial charge is 0.0620 e. The Labute approximate surface area is 132 Å². The Balaban J connectivity index is 1.68. The van der Waals surface area contributed by atoms with Crippen molar-refractivity contribution < 1.29 is 4.74 Å². The molecule has 0 spiro atoms.